The summed E-state index contributed by atoms with van der Waals surface area (Å²) in [5.41, 5.74) is 8.93. The number of anilines is 2. The van der Waals surface area contributed by atoms with Crippen LogP contribution in [-0.2, 0) is 6.42 Å². The second-order valence-corrected chi connectivity index (χ2v) is 4.67. The molecule has 0 aliphatic carbocycles. The van der Waals surface area contributed by atoms with Gasteiger partial charge in [-0.15, -0.1) is 0 Å². The fourth-order valence-electron chi connectivity index (χ4n) is 1.81. The molecule has 0 saturated heterocycles. The number of hydrogen-bond donors (Lipinski definition) is 1. The van der Waals surface area contributed by atoms with Crippen LogP contribution in [0.3, 0.4) is 0 Å². The maximum atomic E-state index is 5.99. The number of nitrogen functional groups attached to an aromatic ring is 1. The van der Waals surface area contributed by atoms with Gasteiger partial charge in [0.05, 0.1) is 11.4 Å². The minimum Gasteiger partial charge on any atom is -0.397 e. The van der Waals surface area contributed by atoms with Crippen LogP contribution >= 0.6 is 11.6 Å². The van der Waals surface area contributed by atoms with Gasteiger partial charge in [0, 0.05) is 31.0 Å². The molecule has 0 spiro atoms. The average molecular weight is 262 g/mol. The topological polar surface area (TPSA) is 42.2 Å². The Kier molecular flexibility index (Phi) is 4.05. The number of nitrogens with zero attached hydrogens (tertiary/aromatic N) is 2. The highest BCUT2D eigenvalue weighted by Crippen LogP contribution is 2.26. The molecular weight excluding hydrogens is 246 g/mol. The van der Waals surface area contributed by atoms with Crippen molar-refractivity contribution in [3.05, 3.63) is 53.3 Å². The molecule has 0 radical (unpaired) electrons. The Balaban J connectivity index is 2.03. The van der Waals surface area contributed by atoms with Crippen LogP contribution in [0.25, 0.3) is 0 Å². The highest BCUT2D eigenvalue weighted by Gasteiger charge is 2.06. The van der Waals surface area contributed by atoms with Gasteiger partial charge in [0.25, 0.3) is 0 Å². The predicted octanol–water partition coefficient (Wildman–Crippen LogP) is 3.00. The maximum Gasteiger partial charge on any atom is 0.0612 e. The Morgan fingerprint density at radius 3 is 2.67 bits per heavy atom. The fraction of sp³-hybridized carbons (Fsp3) is 0.214. The Morgan fingerprint density at radius 1 is 1.22 bits per heavy atom. The lowest BCUT2D eigenvalue weighted by Gasteiger charge is -2.21. The van der Waals surface area contributed by atoms with Crippen LogP contribution in [0.2, 0.25) is 5.02 Å². The molecule has 18 heavy (non-hydrogen) atoms. The maximum absolute atomic E-state index is 5.99. The van der Waals surface area contributed by atoms with E-state index in [4.69, 9.17) is 17.3 Å². The van der Waals surface area contributed by atoms with E-state index in [-0.39, 0.29) is 0 Å². The van der Waals surface area contributed by atoms with Gasteiger partial charge in [-0.3, -0.25) is 4.98 Å². The largest absolute Gasteiger partial charge is 0.397 e. The number of rotatable bonds is 4. The van der Waals surface area contributed by atoms with Crippen molar-refractivity contribution in [3.8, 4) is 0 Å². The minimum atomic E-state index is 0.704. The van der Waals surface area contributed by atoms with E-state index in [0.717, 1.165) is 24.3 Å². The van der Waals surface area contributed by atoms with Gasteiger partial charge >= 0.3 is 0 Å². The minimum absolute atomic E-state index is 0.704. The van der Waals surface area contributed by atoms with Crippen molar-refractivity contribution in [1.29, 1.82) is 0 Å². The van der Waals surface area contributed by atoms with Gasteiger partial charge in [0.2, 0.25) is 0 Å². The van der Waals surface area contributed by atoms with Crippen molar-refractivity contribution in [2.45, 2.75) is 6.42 Å². The first kappa shape index (κ1) is 12.7. The SMILES string of the molecule is CN(CCc1ccncc1)c1cc(Cl)ccc1N. The van der Waals surface area contributed by atoms with Crippen molar-refractivity contribution in [2.75, 3.05) is 24.2 Å². The number of pyridine rings is 1. The van der Waals surface area contributed by atoms with E-state index in [1.54, 1.807) is 6.07 Å². The van der Waals surface area contributed by atoms with E-state index in [0.29, 0.717) is 5.02 Å². The molecule has 1 heterocycles. The second-order valence-electron chi connectivity index (χ2n) is 4.23. The molecule has 94 valence electrons. The number of benzene rings is 1. The van der Waals surface area contributed by atoms with Gasteiger partial charge in [0.15, 0.2) is 0 Å². The van der Waals surface area contributed by atoms with Crippen LogP contribution in [0.5, 0.6) is 0 Å². The third kappa shape index (κ3) is 3.14. The van der Waals surface area contributed by atoms with Crippen LogP contribution < -0.4 is 10.6 Å². The molecule has 0 fully saturated rings. The molecule has 0 unspecified atom stereocenters. The quantitative estimate of drug-likeness (QED) is 0.861. The monoisotopic (exact) mass is 261 g/mol. The lowest BCUT2D eigenvalue weighted by molar-refractivity contribution is 0.876. The Morgan fingerprint density at radius 2 is 1.94 bits per heavy atom. The van der Waals surface area contributed by atoms with E-state index >= 15 is 0 Å². The Bertz CT molecular complexity index is 514. The summed E-state index contributed by atoms with van der Waals surface area (Å²) in [6, 6.07) is 9.57. The summed E-state index contributed by atoms with van der Waals surface area (Å²) in [6.45, 7) is 0.883. The van der Waals surface area contributed by atoms with Gasteiger partial charge in [-0.2, -0.15) is 0 Å². The zero-order chi connectivity index (χ0) is 13.0. The average Bonchev–Trinajstić information content (AvgIpc) is 2.40. The van der Waals surface area contributed by atoms with Crippen molar-refractivity contribution in [3.63, 3.8) is 0 Å². The van der Waals surface area contributed by atoms with Crippen LogP contribution in [-0.4, -0.2) is 18.6 Å². The number of hydrogen-bond acceptors (Lipinski definition) is 3. The lowest BCUT2D eigenvalue weighted by Crippen LogP contribution is -2.21. The normalized spacial score (nSPS) is 10.3. The molecule has 2 aromatic rings. The van der Waals surface area contributed by atoms with E-state index in [9.17, 15) is 0 Å². The third-order valence-corrected chi connectivity index (χ3v) is 3.12. The molecule has 0 bridgehead atoms. The molecule has 0 aliphatic heterocycles. The summed E-state index contributed by atoms with van der Waals surface area (Å²) < 4.78 is 0. The smallest absolute Gasteiger partial charge is 0.0612 e. The number of nitrogens with two attached hydrogens (primary N) is 1. The molecule has 2 rings (SSSR count). The molecule has 4 heteroatoms. The standard InChI is InChI=1S/C14H16ClN3/c1-18(9-6-11-4-7-17-8-5-11)14-10-12(15)2-3-13(14)16/h2-5,7-8,10H,6,9,16H2,1H3. The number of likely N-dealkylation sites (N-methyl/N-ethyl adjacent to an activating group) is 1. The second kappa shape index (κ2) is 5.74. The first-order chi connectivity index (χ1) is 8.66. The highest BCUT2D eigenvalue weighted by molar-refractivity contribution is 6.31. The summed E-state index contributed by atoms with van der Waals surface area (Å²) in [5.74, 6) is 0. The highest BCUT2D eigenvalue weighted by atomic mass is 35.5. The van der Waals surface area contributed by atoms with Crippen LogP contribution in [0.4, 0.5) is 11.4 Å². The van der Waals surface area contributed by atoms with Crippen molar-refractivity contribution >= 4 is 23.0 Å². The molecule has 0 atom stereocenters. The van der Waals surface area contributed by atoms with Crippen LogP contribution in [0.15, 0.2) is 42.7 Å². The predicted molar refractivity (Wildman–Crippen MR) is 77.1 cm³/mol. The van der Waals surface area contributed by atoms with Crippen molar-refractivity contribution in [1.82, 2.24) is 4.98 Å². The Labute approximate surface area is 112 Å². The van der Waals surface area contributed by atoms with Crippen LogP contribution in [0, 0.1) is 0 Å². The van der Waals surface area contributed by atoms with Crippen molar-refractivity contribution < 1.29 is 0 Å². The molecule has 1 aromatic heterocycles. The molecule has 2 N–H and O–H groups in total. The van der Waals surface area contributed by atoms with E-state index in [1.165, 1.54) is 5.56 Å². The molecule has 0 aliphatic rings. The van der Waals surface area contributed by atoms with E-state index < -0.39 is 0 Å². The van der Waals surface area contributed by atoms with Gasteiger partial charge in [-0.25, -0.2) is 0 Å². The summed E-state index contributed by atoms with van der Waals surface area (Å²) in [7, 11) is 2.02. The first-order valence-corrected chi connectivity index (χ1v) is 6.19. The molecule has 0 amide bonds. The van der Waals surface area contributed by atoms with Crippen LogP contribution in [0.1, 0.15) is 5.56 Å². The first-order valence-electron chi connectivity index (χ1n) is 5.82. The lowest BCUT2D eigenvalue weighted by atomic mass is 10.2. The van der Waals surface area contributed by atoms with Gasteiger partial charge < -0.3 is 10.6 Å². The summed E-state index contributed by atoms with van der Waals surface area (Å²) in [5, 5.41) is 0.704. The molecular formula is C14H16ClN3. The van der Waals surface area contributed by atoms with Crippen molar-refractivity contribution in [2.24, 2.45) is 0 Å². The Hall–Kier alpha value is -1.74. The summed E-state index contributed by atoms with van der Waals surface area (Å²) >= 11 is 5.99. The summed E-state index contributed by atoms with van der Waals surface area (Å²) in [4.78, 5) is 6.12. The molecule has 1 aromatic carbocycles. The zero-order valence-electron chi connectivity index (χ0n) is 10.3. The third-order valence-electron chi connectivity index (χ3n) is 2.89. The van der Waals surface area contributed by atoms with Gasteiger partial charge in [-0.1, -0.05) is 11.6 Å². The van der Waals surface area contributed by atoms with E-state index in [1.807, 2.05) is 43.7 Å². The number of halogens is 1. The fourth-order valence-corrected chi connectivity index (χ4v) is 1.98. The molecule has 3 nitrogen and oxygen atoms in total. The van der Waals surface area contributed by atoms with E-state index in [2.05, 4.69) is 9.88 Å². The van der Waals surface area contributed by atoms with Gasteiger partial charge in [0.1, 0.15) is 0 Å². The number of aromatic nitrogens is 1. The zero-order valence-corrected chi connectivity index (χ0v) is 11.1. The van der Waals surface area contributed by atoms with Gasteiger partial charge in [-0.05, 0) is 42.3 Å². The summed E-state index contributed by atoms with van der Waals surface area (Å²) in [6.07, 6.45) is 4.57. The molecule has 0 saturated carbocycles.